The van der Waals surface area contributed by atoms with Gasteiger partial charge in [0, 0.05) is 24.3 Å². The number of aromatic nitrogens is 3. The van der Waals surface area contributed by atoms with E-state index in [4.69, 9.17) is 0 Å². The molecule has 6 heteroatoms. The Morgan fingerprint density at radius 1 is 1.37 bits per heavy atom. The van der Waals surface area contributed by atoms with Gasteiger partial charge in [-0.25, -0.2) is 14.4 Å². The molecular weight excluding hydrogens is 311 g/mol. The van der Waals surface area contributed by atoms with Crippen LogP contribution in [-0.2, 0) is 0 Å². The number of fused-ring (bicyclic) bond motifs is 1. The summed E-state index contributed by atoms with van der Waals surface area (Å²) in [5.74, 6) is 0.366. The molecular formula is C13H10BrFN4. The van der Waals surface area contributed by atoms with E-state index in [9.17, 15) is 4.39 Å². The first kappa shape index (κ1) is 12.1. The lowest BCUT2D eigenvalue weighted by Gasteiger charge is -2.10. The molecule has 96 valence electrons. The van der Waals surface area contributed by atoms with Gasteiger partial charge in [-0.2, -0.15) is 0 Å². The highest BCUT2D eigenvalue weighted by Crippen LogP contribution is 2.24. The predicted molar refractivity (Wildman–Crippen MR) is 75.1 cm³/mol. The van der Waals surface area contributed by atoms with E-state index in [0.717, 1.165) is 11.3 Å². The summed E-state index contributed by atoms with van der Waals surface area (Å²) in [6.07, 6.45) is 5.36. The summed E-state index contributed by atoms with van der Waals surface area (Å²) in [4.78, 5) is 8.61. The molecule has 0 bridgehead atoms. The molecule has 19 heavy (non-hydrogen) atoms. The van der Waals surface area contributed by atoms with Crippen LogP contribution in [-0.4, -0.2) is 14.4 Å². The second kappa shape index (κ2) is 4.62. The maximum atomic E-state index is 13.1. The van der Waals surface area contributed by atoms with Crippen molar-refractivity contribution in [2.24, 2.45) is 0 Å². The third-order valence-electron chi connectivity index (χ3n) is 2.79. The average molecular weight is 321 g/mol. The molecule has 0 saturated heterocycles. The first-order valence-corrected chi connectivity index (χ1v) is 6.45. The molecule has 0 aliphatic heterocycles. The van der Waals surface area contributed by atoms with Crippen molar-refractivity contribution >= 4 is 33.1 Å². The molecule has 0 spiro atoms. The van der Waals surface area contributed by atoms with Crippen molar-refractivity contribution in [2.45, 2.75) is 6.92 Å². The molecule has 1 aromatic carbocycles. The Labute approximate surface area is 117 Å². The number of aryl methyl sites for hydroxylation is 1. The number of benzene rings is 1. The van der Waals surface area contributed by atoms with Gasteiger partial charge in [0.05, 0.1) is 0 Å². The first-order chi connectivity index (χ1) is 9.13. The van der Waals surface area contributed by atoms with E-state index < -0.39 is 0 Å². The topological polar surface area (TPSA) is 42.2 Å². The number of hydrogen-bond donors (Lipinski definition) is 1. The van der Waals surface area contributed by atoms with E-state index in [1.165, 1.54) is 12.1 Å². The van der Waals surface area contributed by atoms with Gasteiger partial charge in [0.1, 0.15) is 10.4 Å². The normalized spacial score (nSPS) is 10.9. The highest BCUT2D eigenvalue weighted by Gasteiger charge is 2.08. The Bertz CT molecular complexity index is 753. The van der Waals surface area contributed by atoms with E-state index in [1.807, 2.05) is 23.7 Å². The fourth-order valence-electron chi connectivity index (χ4n) is 1.88. The second-order valence-corrected chi connectivity index (χ2v) is 4.97. The number of rotatable bonds is 2. The summed E-state index contributed by atoms with van der Waals surface area (Å²) in [6, 6.07) is 4.58. The van der Waals surface area contributed by atoms with Gasteiger partial charge in [0.2, 0.25) is 0 Å². The Balaban J connectivity index is 2.07. The number of anilines is 2. The van der Waals surface area contributed by atoms with E-state index in [-0.39, 0.29) is 5.82 Å². The summed E-state index contributed by atoms with van der Waals surface area (Å²) >= 11 is 3.35. The van der Waals surface area contributed by atoms with Gasteiger partial charge in [-0.3, -0.25) is 0 Å². The van der Waals surface area contributed by atoms with Crippen LogP contribution in [0.2, 0.25) is 0 Å². The smallest absolute Gasteiger partial charge is 0.180 e. The zero-order valence-corrected chi connectivity index (χ0v) is 11.6. The zero-order valence-electron chi connectivity index (χ0n) is 10.1. The van der Waals surface area contributed by atoms with Crippen LogP contribution in [0.3, 0.4) is 0 Å². The van der Waals surface area contributed by atoms with E-state index in [0.29, 0.717) is 16.1 Å². The van der Waals surface area contributed by atoms with Crippen LogP contribution in [0.4, 0.5) is 15.9 Å². The fraction of sp³-hybridized carbons (Fsp3) is 0.0769. The predicted octanol–water partition coefficient (Wildman–Crippen LogP) is 3.68. The zero-order chi connectivity index (χ0) is 13.4. The van der Waals surface area contributed by atoms with Crippen LogP contribution in [0.25, 0.3) is 5.65 Å². The van der Waals surface area contributed by atoms with Crippen LogP contribution < -0.4 is 5.32 Å². The minimum Gasteiger partial charge on any atom is -0.337 e. The maximum absolute atomic E-state index is 13.1. The molecule has 4 nitrogen and oxygen atoms in total. The van der Waals surface area contributed by atoms with Crippen molar-refractivity contribution in [3.63, 3.8) is 0 Å². The highest BCUT2D eigenvalue weighted by molar-refractivity contribution is 9.10. The molecule has 0 fully saturated rings. The van der Waals surface area contributed by atoms with Gasteiger partial charge in [-0.15, -0.1) is 0 Å². The minimum atomic E-state index is -0.254. The number of imidazole rings is 1. The lowest BCUT2D eigenvalue weighted by Crippen LogP contribution is -2.00. The fourth-order valence-corrected chi connectivity index (χ4v) is 2.28. The van der Waals surface area contributed by atoms with Crippen molar-refractivity contribution in [1.29, 1.82) is 0 Å². The Kier molecular flexibility index (Phi) is 2.94. The average Bonchev–Trinajstić information content (AvgIpc) is 2.80. The highest BCUT2D eigenvalue weighted by atomic mass is 79.9. The summed E-state index contributed by atoms with van der Waals surface area (Å²) in [5, 5.41) is 3.18. The quantitative estimate of drug-likeness (QED) is 0.783. The lowest BCUT2D eigenvalue weighted by atomic mass is 10.2. The Morgan fingerprint density at radius 2 is 2.21 bits per heavy atom. The summed E-state index contributed by atoms with van der Waals surface area (Å²) in [7, 11) is 0. The molecule has 0 aliphatic carbocycles. The lowest BCUT2D eigenvalue weighted by molar-refractivity contribution is 0.627. The SMILES string of the molecule is Cc1cc(F)ccc1Nc1nc(Br)cn2ccnc12. The van der Waals surface area contributed by atoms with Gasteiger partial charge >= 0.3 is 0 Å². The molecule has 1 N–H and O–H groups in total. The molecule has 0 aliphatic rings. The molecule has 0 radical (unpaired) electrons. The number of nitrogens with zero attached hydrogens (tertiary/aromatic N) is 3. The molecule has 2 heterocycles. The first-order valence-electron chi connectivity index (χ1n) is 5.66. The second-order valence-electron chi connectivity index (χ2n) is 4.15. The van der Waals surface area contributed by atoms with Crippen molar-refractivity contribution < 1.29 is 4.39 Å². The minimum absolute atomic E-state index is 0.254. The molecule has 0 saturated carbocycles. The number of halogens is 2. The maximum Gasteiger partial charge on any atom is 0.180 e. The third kappa shape index (κ3) is 2.31. The third-order valence-corrected chi connectivity index (χ3v) is 3.17. The van der Waals surface area contributed by atoms with Crippen molar-refractivity contribution in [3.05, 3.63) is 52.8 Å². The van der Waals surface area contributed by atoms with Crippen LogP contribution >= 0.6 is 15.9 Å². The van der Waals surface area contributed by atoms with Gasteiger partial charge in [0.15, 0.2) is 11.5 Å². The monoisotopic (exact) mass is 320 g/mol. The number of nitrogens with one attached hydrogen (secondary N) is 1. The number of hydrogen-bond acceptors (Lipinski definition) is 3. The van der Waals surface area contributed by atoms with E-state index in [2.05, 4.69) is 31.2 Å². The Morgan fingerprint density at radius 3 is 3.00 bits per heavy atom. The molecule has 0 amide bonds. The standard InChI is InChI=1S/C13H10BrFN4/c1-8-6-9(15)2-3-10(8)17-12-13-16-4-5-19(13)7-11(14)18-12/h2-7H,1H3,(H,17,18). The van der Waals surface area contributed by atoms with Gasteiger partial charge in [-0.1, -0.05) is 0 Å². The molecule has 0 unspecified atom stereocenters. The summed E-state index contributed by atoms with van der Waals surface area (Å²) in [5.41, 5.74) is 2.33. The van der Waals surface area contributed by atoms with Crippen LogP contribution in [0.5, 0.6) is 0 Å². The molecule has 3 rings (SSSR count). The summed E-state index contributed by atoms with van der Waals surface area (Å²) < 4.78 is 15.6. The molecule has 0 atom stereocenters. The van der Waals surface area contributed by atoms with Gasteiger partial charge in [-0.05, 0) is 46.6 Å². The van der Waals surface area contributed by atoms with Crippen LogP contribution in [0.15, 0.2) is 41.4 Å². The van der Waals surface area contributed by atoms with Crippen molar-refractivity contribution in [1.82, 2.24) is 14.4 Å². The molecule has 2 aromatic heterocycles. The largest absolute Gasteiger partial charge is 0.337 e. The molecule has 3 aromatic rings. The van der Waals surface area contributed by atoms with Gasteiger partial charge in [0.25, 0.3) is 0 Å². The van der Waals surface area contributed by atoms with Crippen LogP contribution in [0.1, 0.15) is 5.56 Å². The van der Waals surface area contributed by atoms with E-state index in [1.54, 1.807) is 12.3 Å². The van der Waals surface area contributed by atoms with E-state index >= 15 is 0 Å². The van der Waals surface area contributed by atoms with Crippen molar-refractivity contribution in [3.8, 4) is 0 Å². The van der Waals surface area contributed by atoms with Crippen molar-refractivity contribution in [2.75, 3.05) is 5.32 Å². The van der Waals surface area contributed by atoms with Gasteiger partial charge < -0.3 is 9.72 Å². The van der Waals surface area contributed by atoms with Crippen LogP contribution in [0, 0.1) is 12.7 Å². The summed E-state index contributed by atoms with van der Waals surface area (Å²) in [6.45, 7) is 1.84. The Hall–Kier alpha value is -1.95.